The lowest BCUT2D eigenvalue weighted by molar-refractivity contribution is 0.413. The summed E-state index contributed by atoms with van der Waals surface area (Å²) < 4.78 is 0. The topological polar surface area (TPSA) is 57.2 Å². The molecule has 0 unspecified atom stereocenters. The van der Waals surface area contributed by atoms with Crippen LogP contribution in [-0.2, 0) is 0 Å². The normalized spacial score (nSPS) is 21.2. The van der Waals surface area contributed by atoms with E-state index >= 15 is 0 Å². The van der Waals surface area contributed by atoms with Crippen molar-refractivity contribution in [1.29, 1.82) is 0 Å². The van der Waals surface area contributed by atoms with Crippen LogP contribution in [-0.4, -0.2) is 29.2 Å². The van der Waals surface area contributed by atoms with Crippen LogP contribution in [0.4, 0.5) is 5.82 Å². The van der Waals surface area contributed by atoms with Crippen LogP contribution in [0.25, 0.3) is 0 Å². The first kappa shape index (κ1) is 10.2. The zero-order chi connectivity index (χ0) is 10.5. The molecule has 0 saturated carbocycles. The van der Waals surface area contributed by atoms with Gasteiger partial charge in [0.15, 0.2) is 11.6 Å². The summed E-state index contributed by atoms with van der Waals surface area (Å²) in [5.41, 5.74) is 0. The Kier molecular flexibility index (Phi) is 3.40. The number of aromatic nitrogens is 1. The second-order valence-electron chi connectivity index (χ2n) is 3.90. The molecule has 1 aliphatic rings. The molecule has 0 radical (unpaired) electrons. The number of aromatic hydroxyl groups is 1. The lowest BCUT2D eigenvalue weighted by atomic mass is 10.1. The molecule has 0 spiro atoms. The summed E-state index contributed by atoms with van der Waals surface area (Å²) in [6, 6.07) is 3.86. The fourth-order valence-corrected chi connectivity index (χ4v) is 1.85. The quantitative estimate of drug-likeness (QED) is 0.700. The van der Waals surface area contributed by atoms with Gasteiger partial charge in [-0.3, -0.25) is 0 Å². The van der Waals surface area contributed by atoms with E-state index in [1.165, 1.54) is 19.3 Å². The van der Waals surface area contributed by atoms with E-state index in [0.29, 0.717) is 11.9 Å². The molecule has 1 aliphatic heterocycles. The third-order valence-electron chi connectivity index (χ3n) is 2.71. The lowest BCUT2D eigenvalue weighted by Crippen LogP contribution is -2.39. The second-order valence-corrected chi connectivity index (χ2v) is 3.90. The fourth-order valence-electron chi connectivity index (χ4n) is 1.85. The predicted molar refractivity (Wildman–Crippen MR) is 60.0 cm³/mol. The summed E-state index contributed by atoms with van der Waals surface area (Å²) in [5, 5.41) is 16.1. The third kappa shape index (κ3) is 2.83. The molecular formula is C11H17N3O. The minimum Gasteiger partial charge on any atom is -0.504 e. The van der Waals surface area contributed by atoms with Crippen LogP contribution in [0.1, 0.15) is 19.3 Å². The van der Waals surface area contributed by atoms with Crippen molar-refractivity contribution >= 4 is 5.82 Å². The summed E-state index contributed by atoms with van der Waals surface area (Å²) in [7, 11) is 0. The molecule has 1 atom stereocenters. The van der Waals surface area contributed by atoms with Crippen LogP contribution in [0, 0.1) is 0 Å². The third-order valence-corrected chi connectivity index (χ3v) is 2.71. The van der Waals surface area contributed by atoms with E-state index in [0.717, 1.165) is 13.1 Å². The molecule has 2 heterocycles. The second kappa shape index (κ2) is 4.98. The highest BCUT2D eigenvalue weighted by Gasteiger charge is 2.12. The molecule has 0 aromatic carbocycles. The van der Waals surface area contributed by atoms with E-state index in [-0.39, 0.29) is 5.75 Å². The van der Waals surface area contributed by atoms with Crippen LogP contribution in [0.2, 0.25) is 0 Å². The highest BCUT2D eigenvalue weighted by Crippen LogP contribution is 2.18. The Hall–Kier alpha value is -1.29. The average molecular weight is 207 g/mol. The summed E-state index contributed by atoms with van der Waals surface area (Å²) in [4.78, 5) is 4.07. The number of piperidine rings is 1. The standard InChI is InChI=1S/C11H17N3O/c15-10-5-3-7-13-11(10)14-8-9-4-1-2-6-12-9/h3,5,7,9,12,15H,1-2,4,6,8H2,(H,13,14)/t9-/m0/s1. The number of pyridine rings is 1. The van der Waals surface area contributed by atoms with Crippen molar-refractivity contribution in [3.05, 3.63) is 18.3 Å². The molecule has 0 bridgehead atoms. The summed E-state index contributed by atoms with van der Waals surface area (Å²) >= 11 is 0. The van der Waals surface area contributed by atoms with Crippen molar-refractivity contribution in [3.63, 3.8) is 0 Å². The van der Waals surface area contributed by atoms with Crippen molar-refractivity contribution in [1.82, 2.24) is 10.3 Å². The molecule has 0 aliphatic carbocycles. The Balaban J connectivity index is 1.84. The van der Waals surface area contributed by atoms with Crippen LogP contribution in [0.15, 0.2) is 18.3 Å². The molecule has 1 fully saturated rings. The van der Waals surface area contributed by atoms with Gasteiger partial charge in [0.2, 0.25) is 0 Å². The minimum atomic E-state index is 0.216. The molecule has 1 saturated heterocycles. The van der Waals surface area contributed by atoms with Gasteiger partial charge in [0.1, 0.15) is 0 Å². The zero-order valence-electron chi connectivity index (χ0n) is 8.74. The van der Waals surface area contributed by atoms with Gasteiger partial charge in [-0.25, -0.2) is 4.98 Å². The Morgan fingerprint density at radius 3 is 3.20 bits per heavy atom. The number of anilines is 1. The number of nitrogens with zero attached hydrogens (tertiary/aromatic N) is 1. The summed E-state index contributed by atoms with van der Waals surface area (Å²) in [6.45, 7) is 1.92. The Morgan fingerprint density at radius 1 is 1.53 bits per heavy atom. The van der Waals surface area contributed by atoms with E-state index in [1.54, 1.807) is 18.3 Å². The van der Waals surface area contributed by atoms with Gasteiger partial charge >= 0.3 is 0 Å². The van der Waals surface area contributed by atoms with Gasteiger partial charge in [-0.15, -0.1) is 0 Å². The highest BCUT2D eigenvalue weighted by molar-refractivity contribution is 5.48. The van der Waals surface area contributed by atoms with Gasteiger partial charge in [0, 0.05) is 18.8 Å². The highest BCUT2D eigenvalue weighted by atomic mass is 16.3. The monoisotopic (exact) mass is 207 g/mol. The van der Waals surface area contributed by atoms with Crippen LogP contribution >= 0.6 is 0 Å². The maximum absolute atomic E-state index is 9.49. The average Bonchev–Trinajstić information content (AvgIpc) is 2.29. The Bertz CT molecular complexity index is 310. The molecule has 82 valence electrons. The smallest absolute Gasteiger partial charge is 0.168 e. The number of hydrogen-bond donors (Lipinski definition) is 3. The first-order valence-electron chi connectivity index (χ1n) is 5.47. The SMILES string of the molecule is Oc1cccnc1NC[C@@H]1CCCCN1. The summed E-state index contributed by atoms with van der Waals surface area (Å²) in [6.07, 6.45) is 5.43. The summed E-state index contributed by atoms with van der Waals surface area (Å²) in [5.74, 6) is 0.790. The Morgan fingerprint density at radius 2 is 2.47 bits per heavy atom. The molecule has 4 nitrogen and oxygen atoms in total. The largest absolute Gasteiger partial charge is 0.504 e. The molecular weight excluding hydrogens is 190 g/mol. The maximum Gasteiger partial charge on any atom is 0.168 e. The molecule has 1 aromatic heterocycles. The predicted octanol–water partition coefficient (Wildman–Crippen LogP) is 1.34. The number of nitrogens with one attached hydrogen (secondary N) is 2. The van der Waals surface area contributed by atoms with E-state index < -0.39 is 0 Å². The van der Waals surface area contributed by atoms with Gasteiger partial charge in [0.25, 0.3) is 0 Å². The van der Waals surface area contributed by atoms with Crippen LogP contribution in [0.5, 0.6) is 5.75 Å². The van der Waals surface area contributed by atoms with Gasteiger partial charge in [-0.05, 0) is 31.5 Å². The van der Waals surface area contributed by atoms with E-state index in [4.69, 9.17) is 0 Å². The van der Waals surface area contributed by atoms with E-state index in [1.807, 2.05) is 0 Å². The van der Waals surface area contributed by atoms with Gasteiger partial charge in [-0.1, -0.05) is 6.42 Å². The van der Waals surface area contributed by atoms with Crippen LogP contribution < -0.4 is 10.6 Å². The van der Waals surface area contributed by atoms with Gasteiger partial charge in [0.05, 0.1) is 0 Å². The van der Waals surface area contributed by atoms with E-state index in [2.05, 4.69) is 15.6 Å². The lowest BCUT2D eigenvalue weighted by Gasteiger charge is -2.23. The molecule has 4 heteroatoms. The van der Waals surface area contributed by atoms with Gasteiger partial charge < -0.3 is 15.7 Å². The van der Waals surface area contributed by atoms with E-state index in [9.17, 15) is 5.11 Å². The van der Waals surface area contributed by atoms with Crippen molar-refractivity contribution in [2.75, 3.05) is 18.4 Å². The van der Waals surface area contributed by atoms with Crippen molar-refractivity contribution in [3.8, 4) is 5.75 Å². The molecule has 2 rings (SSSR count). The Labute approximate surface area is 89.7 Å². The molecule has 0 amide bonds. The van der Waals surface area contributed by atoms with Crippen molar-refractivity contribution in [2.24, 2.45) is 0 Å². The van der Waals surface area contributed by atoms with Crippen molar-refractivity contribution in [2.45, 2.75) is 25.3 Å². The zero-order valence-corrected chi connectivity index (χ0v) is 8.74. The number of rotatable bonds is 3. The van der Waals surface area contributed by atoms with Crippen molar-refractivity contribution < 1.29 is 5.11 Å². The molecule has 1 aromatic rings. The van der Waals surface area contributed by atoms with Gasteiger partial charge in [-0.2, -0.15) is 0 Å². The molecule has 3 N–H and O–H groups in total. The number of hydrogen-bond acceptors (Lipinski definition) is 4. The maximum atomic E-state index is 9.49. The first-order chi connectivity index (χ1) is 7.36. The molecule has 15 heavy (non-hydrogen) atoms. The first-order valence-corrected chi connectivity index (χ1v) is 5.47. The minimum absolute atomic E-state index is 0.216. The van der Waals surface area contributed by atoms with Crippen LogP contribution in [0.3, 0.4) is 0 Å². The fraction of sp³-hybridized carbons (Fsp3) is 0.545.